The molecule has 0 atom stereocenters. The molecule has 0 amide bonds. The highest BCUT2D eigenvalue weighted by molar-refractivity contribution is 5.59. The van der Waals surface area contributed by atoms with Crippen molar-refractivity contribution in [2.45, 2.75) is 13.5 Å². The van der Waals surface area contributed by atoms with Crippen molar-refractivity contribution in [2.24, 2.45) is 0 Å². The molecule has 0 aliphatic carbocycles. The average molecular weight is 281 g/mol. The first-order valence-electron chi connectivity index (χ1n) is 6.64. The maximum absolute atomic E-state index is 11.1. The minimum absolute atomic E-state index is 0.160. The van der Waals surface area contributed by atoms with Crippen LogP contribution in [0, 0.1) is 6.92 Å². The van der Waals surface area contributed by atoms with Crippen LogP contribution >= 0.6 is 0 Å². The summed E-state index contributed by atoms with van der Waals surface area (Å²) in [5.74, 6) is 0.598. The lowest BCUT2D eigenvalue weighted by atomic mass is 10.1. The summed E-state index contributed by atoms with van der Waals surface area (Å²) < 4.78 is 5.73. The van der Waals surface area contributed by atoms with Gasteiger partial charge in [0.05, 0.1) is 5.69 Å². The van der Waals surface area contributed by atoms with E-state index in [2.05, 4.69) is 15.2 Å². The van der Waals surface area contributed by atoms with E-state index in [-0.39, 0.29) is 5.56 Å². The Hall–Kier alpha value is -2.82. The molecule has 106 valence electrons. The van der Waals surface area contributed by atoms with E-state index in [1.807, 2.05) is 43.3 Å². The monoisotopic (exact) mass is 281 g/mol. The molecule has 5 nitrogen and oxygen atoms in total. The molecule has 0 saturated heterocycles. The van der Waals surface area contributed by atoms with Crippen molar-refractivity contribution in [1.29, 1.82) is 0 Å². The van der Waals surface area contributed by atoms with Gasteiger partial charge in [-0.2, -0.15) is 0 Å². The van der Waals surface area contributed by atoms with Crippen molar-refractivity contribution in [1.82, 2.24) is 15.2 Å². The zero-order valence-corrected chi connectivity index (χ0v) is 11.6. The van der Waals surface area contributed by atoms with E-state index in [1.54, 1.807) is 6.20 Å². The number of nitrogens with one attached hydrogen (secondary N) is 2. The van der Waals surface area contributed by atoms with E-state index in [0.29, 0.717) is 18.2 Å². The van der Waals surface area contributed by atoms with E-state index in [1.165, 1.54) is 6.07 Å². The molecule has 1 aromatic carbocycles. The highest BCUT2D eigenvalue weighted by atomic mass is 16.5. The lowest BCUT2D eigenvalue weighted by molar-refractivity contribution is 0.291. The second kappa shape index (κ2) is 5.66. The number of ether oxygens (including phenoxy) is 1. The summed E-state index contributed by atoms with van der Waals surface area (Å²) in [5.41, 5.74) is 3.42. The summed E-state index contributed by atoms with van der Waals surface area (Å²) in [6, 6.07) is 13.4. The minimum atomic E-state index is -0.160. The van der Waals surface area contributed by atoms with Gasteiger partial charge in [-0.25, -0.2) is 4.98 Å². The smallest absolute Gasteiger partial charge is 0.264 e. The predicted octanol–water partition coefficient (Wildman–Crippen LogP) is 2.65. The van der Waals surface area contributed by atoms with E-state index >= 15 is 0 Å². The standard InChI is InChI=1S/C16H15N3O2/c1-11-7-13(14-8-15(20)19-18-14)9-17-16(11)21-10-12-5-3-2-4-6-12/h2-9H,10H2,1H3,(H2,18,19,20). The maximum atomic E-state index is 11.1. The van der Waals surface area contributed by atoms with Gasteiger partial charge in [-0.3, -0.25) is 15.0 Å². The second-order valence-electron chi connectivity index (χ2n) is 4.79. The quantitative estimate of drug-likeness (QED) is 0.772. The van der Waals surface area contributed by atoms with Crippen LogP contribution in [0.15, 0.2) is 53.5 Å². The second-order valence-corrected chi connectivity index (χ2v) is 4.79. The first kappa shape index (κ1) is 13.2. The fraction of sp³-hybridized carbons (Fsp3) is 0.125. The van der Waals surface area contributed by atoms with Gasteiger partial charge < -0.3 is 4.74 Å². The molecule has 21 heavy (non-hydrogen) atoms. The number of rotatable bonds is 4. The fourth-order valence-corrected chi connectivity index (χ4v) is 2.07. The summed E-state index contributed by atoms with van der Waals surface area (Å²) in [5, 5.41) is 5.32. The number of hydrogen-bond acceptors (Lipinski definition) is 3. The number of H-pyrrole nitrogens is 2. The van der Waals surface area contributed by atoms with Gasteiger partial charge in [0.1, 0.15) is 6.61 Å². The molecule has 3 rings (SSSR count). The molecule has 2 heterocycles. The zero-order valence-electron chi connectivity index (χ0n) is 11.6. The van der Waals surface area contributed by atoms with Crippen LogP contribution in [-0.2, 0) is 6.61 Å². The largest absolute Gasteiger partial charge is 0.473 e. The Morgan fingerprint density at radius 1 is 1.14 bits per heavy atom. The summed E-state index contributed by atoms with van der Waals surface area (Å²) in [7, 11) is 0. The molecule has 3 aromatic rings. The molecule has 0 unspecified atom stereocenters. The Bertz CT molecular complexity index is 791. The normalized spacial score (nSPS) is 10.5. The maximum Gasteiger partial charge on any atom is 0.264 e. The molecule has 2 N–H and O–H groups in total. The number of pyridine rings is 1. The summed E-state index contributed by atoms with van der Waals surface area (Å²) in [6.45, 7) is 2.41. The lowest BCUT2D eigenvalue weighted by Gasteiger charge is -2.09. The molecule has 0 saturated carbocycles. The third-order valence-corrected chi connectivity index (χ3v) is 3.16. The van der Waals surface area contributed by atoms with Crippen molar-refractivity contribution in [3.8, 4) is 17.1 Å². The van der Waals surface area contributed by atoms with Gasteiger partial charge in [-0.1, -0.05) is 30.3 Å². The number of benzene rings is 1. The van der Waals surface area contributed by atoms with Gasteiger partial charge >= 0.3 is 0 Å². The molecular formula is C16H15N3O2. The Labute approximate surface area is 121 Å². The third kappa shape index (κ3) is 3.02. The zero-order chi connectivity index (χ0) is 14.7. The van der Waals surface area contributed by atoms with Gasteiger partial charge in [-0.05, 0) is 18.6 Å². The van der Waals surface area contributed by atoms with E-state index in [9.17, 15) is 4.79 Å². The highest BCUT2D eigenvalue weighted by Gasteiger charge is 2.06. The molecule has 0 aliphatic heterocycles. The number of aryl methyl sites for hydroxylation is 1. The number of hydrogen-bond donors (Lipinski definition) is 2. The minimum Gasteiger partial charge on any atom is -0.473 e. The van der Waals surface area contributed by atoms with Crippen molar-refractivity contribution in [3.05, 3.63) is 70.1 Å². The van der Waals surface area contributed by atoms with Gasteiger partial charge in [0, 0.05) is 23.4 Å². The lowest BCUT2D eigenvalue weighted by Crippen LogP contribution is -1.99. The fourth-order valence-electron chi connectivity index (χ4n) is 2.07. The van der Waals surface area contributed by atoms with Crippen LogP contribution in [0.2, 0.25) is 0 Å². The molecule has 0 aliphatic rings. The number of nitrogens with zero attached hydrogens (tertiary/aromatic N) is 1. The van der Waals surface area contributed by atoms with Crippen LogP contribution in [0.3, 0.4) is 0 Å². The Balaban J connectivity index is 1.77. The van der Waals surface area contributed by atoms with Crippen molar-refractivity contribution < 1.29 is 4.74 Å². The molecule has 0 fully saturated rings. The van der Waals surface area contributed by atoms with Crippen LogP contribution in [0.25, 0.3) is 11.3 Å². The molecule has 0 spiro atoms. The van der Waals surface area contributed by atoms with Crippen LogP contribution < -0.4 is 10.3 Å². The molecular weight excluding hydrogens is 266 g/mol. The first-order valence-corrected chi connectivity index (χ1v) is 6.64. The predicted molar refractivity (Wildman–Crippen MR) is 80.2 cm³/mol. The summed E-state index contributed by atoms with van der Waals surface area (Å²) in [6.07, 6.45) is 1.69. The summed E-state index contributed by atoms with van der Waals surface area (Å²) >= 11 is 0. The number of aromatic nitrogens is 3. The summed E-state index contributed by atoms with van der Waals surface area (Å²) in [4.78, 5) is 15.5. The van der Waals surface area contributed by atoms with Crippen LogP contribution in [0.1, 0.15) is 11.1 Å². The Morgan fingerprint density at radius 3 is 2.62 bits per heavy atom. The molecule has 0 bridgehead atoms. The van der Waals surface area contributed by atoms with E-state index in [4.69, 9.17) is 4.74 Å². The van der Waals surface area contributed by atoms with Crippen LogP contribution in [-0.4, -0.2) is 15.2 Å². The number of aromatic amines is 2. The van der Waals surface area contributed by atoms with Gasteiger partial charge in [0.15, 0.2) is 0 Å². The average Bonchev–Trinajstić information content (AvgIpc) is 2.93. The molecule has 2 aromatic heterocycles. The van der Waals surface area contributed by atoms with Crippen LogP contribution in [0.4, 0.5) is 0 Å². The van der Waals surface area contributed by atoms with E-state index in [0.717, 1.165) is 16.7 Å². The van der Waals surface area contributed by atoms with Gasteiger partial charge in [0.25, 0.3) is 5.56 Å². The third-order valence-electron chi connectivity index (χ3n) is 3.16. The SMILES string of the molecule is Cc1cc(-c2cc(=O)[nH][nH]2)cnc1OCc1ccccc1. The van der Waals surface area contributed by atoms with Crippen molar-refractivity contribution >= 4 is 0 Å². The van der Waals surface area contributed by atoms with Crippen molar-refractivity contribution in [3.63, 3.8) is 0 Å². The van der Waals surface area contributed by atoms with Gasteiger partial charge in [0.2, 0.25) is 5.88 Å². The Kier molecular flexibility index (Phi) is 3.55. The highest BCUT2D eigenvalue weighted by Crippen LogP contribution is 2.22. The topological polar surface area (TPSA) is 70.8 Å². The van der Waals surface area contributed by atoms with Crippen molar-refractivity contribution in [2.75, 3.05) is 0 Å². The molecule has 5 heteroatoms. The molecule has 0 radical (unpaired) electrons. The Morgan fingerprint density at radius 2 is 1.95 bits per heavy atom. The van der Waals surface area contributed by atoms with Crippen LogP contribution in [0.5, 0.6) is 5.88 Å². The van der Waals surface area contributed by atoms with E-state index < -0.39 is 0 Å². The van der Waals surface area contributed by atoms with Gasteiger partial charge in [-0.15, -0.1) is 0 Å². The first-order chi connectivity index (χ1) is 10.2.